The number of amides is 1. The van der Waals surface area contributed by atoms with E-state index in [9.17, 15) is 14.3 Å². The number of nitrogens with zero attached hydrogens (tertiary/aromatic N) is 2. The highest BCUT2D eigenvalue weighted by molar-refractivity contribution is 5.98. The molecule has 176 valence electrons. The number of nitrogens with one attached hydrogen (secondary N) is 2. The molecule has 10 heteroatoms. The first-order valence-corrected chi connectivity index (χ1v) is 10.0. The van der Waals surface area contributed by atoms with E-state index in [1.807, 2.05) is 0 Å². The van der Waals surface area contributed by atoms with Gasteiger partial charge in [-0.05, 0) is 55.3 Å². The minimum Gasteiger partial charge on any atom is -0.387 e. The number of ether oxygens (including phenoxy) is 1. The van der Waals surface area contributed by atoms with Gasteiger partial charge in [0.15, 0.2) is 0 Å². The second-order valence-electron chi connectivity index (χ2n) is 7.82. The van der Waals surface area contributed by atoms with Crippen LogP contribution in [0.3, 0.4) is 0 Å². The van der Waals surface area contributed by atoms with E-state index < -0.39 is 23.6 Å². The Balaban J connectivity index is 2.42. The maximum atomic E-state index is 13.4. The van der Waals surface area contributed by atoms with Gasteiger partial charge >= 0.3 is 0 Å². The Kier molecular flexibility index (Phi) is 8.73. The third kappa shape index (κ3) is 7.45. The van der Waals surface area contributed by atoms with Gasteiger partial charge in [0.25, 0.3) is 17.7 Å². The molecule has 2 rings (SSSR count). The average molecular weight is 458 g/mol. The van der Waals surface area contributed by atoms with Crippen LogP contribution in [0.1, 0.15) is 38.3 Å². The number of benzene rings is 1. The van der Waals surface area contributed by atoms with Crippen molar-refractivity contribution < 1.29 is 23.6 Å². The average Bonchev–Trinajstić information content (AvgIpc) is 3.18. The Morgan fingerprint density at radius 3 is 2.61 bits per heavy atom. The summed E-state index contributed by atoms with van der Waals surface area (Å²) in [5.74, 6) is 1.64. The third-order valence-corrected chi connectivity index (χ3v) is 4.56. The fourth-order valence-corrected chi connectivity index (χ4v) is 2.78. The monoisotopic (exact) mass is 457 g/mol. The highest BCUT2D eigenvalue weighted by Crippen LogP contribution is 2.19. The van der Waals surface area contributed by atoms with Crippen molar-refractivity contribution in [1.82, 2.24) is 20.8 Å². The summed E-state index contributed by atoms with van der Waals surface area (Å²) in [5, 5.41) is 19.4. The van der Waals surface area contributed by atoms with Crippen LogP contribution in [-0.4, -0.2) is 46.5 Å². The lowest BCUT2D eigenvalue weighted by Crippen LogP contribution is -2.44. The van der Waals surface area contributed by atoms with Gasteiger partial charge in [-0.25, -0.2) is 4.39 Å². The lowest BCUT2D eigenvalue weighted by atomic mass is 9.99. The van der Waals surface area contributed by atoms with Gasteiger partial charge in [0, 0.05) is 13.3 Å². The normalized spacial score (nSPS) is 14.3. The molecule has 33 heavy (non-hydrogen) atoms. The summed E-state index contributed by atoms with van der Waals surface area (Å²) >= 11 is 0. The van der Waals surface area contributed by atoms with Crippen LogP contribution >= 0.6 is 0 Å². The van der Waals surface area contributed by atoms with Gasteiger partial charge in [0.05, 0.1) is 17.8 Å². The van der Waals surface area contributed by atoms with E-state index in [1.165, 1.54) is 25.4 Å². The number of aliphatic hydroxyl groups is 1. The number of halogens is 1. The van der Waals surface area contributed by atoms with Crippen LogP contribution < -0.4 is 16.4 Å². The van der Waals surface area contributed by atoms with Crippen LogP contribution in [0.15, 0.2) is 46.6 Å². The first kappa shape index (κ1) is 25.6. The second-order valence-corrected chi connectivity index (χ2v) is 7.82. The molecule has 0 bridgehead atoms. The summed E-state index contributed by atoms with van der Waals surface area (Å²) in [6.45, 7) is 4.89. The Morgan fingerprint density at radius 1 is 1.42 bits per heavy atom. The summed E-state index contributed by atoms with van der Waals surface area (Å²) in [5.41, 5.74) is 5.65. The molecule has 0 aliphatic carbocycles. The molecule has 0 unspecified atom stereocenters. The smallest absolute Gasteiger partial charge is 0.260 e. The summed E-state index contributed by atoms with van der Waals surface area (Å²) in [4.78, 5) is 17.0. The first-order valence-electron chi connectivity index (χ1n) is 10.0. The van der Waals surface area contributed by atoms with Gasteiger partial charge in [-0.2, -0.15) is 4.98 Å². The van der Waals surface area contributed by atoms with Crippen LogP contribution in [0.5, 0.6) is 0 Å². The molecular weight excluding hydrogens is 429 g/mol. The number of carbonyl (C=O) groups is 1. The molecular formula is C23H28FN5O4. The third-order valence-electron chi connectivity index (χ3n) is 4.56. The fourth-order valence-electron chi connectivity index (χ4n) is 2.78. The van der Waals surface area contributed by atoms with Crippen molar-refractivity contribution in [3.8, 4) is 12.3 Å². The molecule has 5 N–H and O–H groups in total. The van der Waals surface area contributed by atoms with Gasteiger partial charge in [-0.15, -0.1) is 6.42 Å². The van der Waals surface area contributed by atoms with Crippen LogP contribution in [0, 0.1) is 18.2 Å². The van der Waals surface area contributed by atoms with Crippen molar-refractivity contribution in [2.45, 2.75) is 38.5 Å². The van der Waals surface area contributed by atoms with Crippen molar-refractivity contribution >= 4 is 17.4 Å². The molecule has 1 amide bonds. The van der Waals surface area contributed by atoms with E-state index in [-0.39, 0.29) is 29.8 Å². The largest absolute Gasteiger partial charge is 0.387 e. The number of methoxy groups -OCH3 is 1. The van der Waals surface area contributed by atoms with Crippen LogP contribution in [0.25, 0.3) is 5.57 Å². The minimum absolute atomic E-state index is 0.0517. The summed E-state index contributed by atoms with van der Waals surface area (Å²) < 4.78 is 23.6. The maximum absolute atomic E-state index is 13.4. The van der Waals surface area contributed by atoms with Crippen LogP contribution in [0.4, 0.5) is 10.3 Å². The first-order chi connectivity index (χ1) is 15.5. The van der Waals surface area contributed by atoms with Gasteiger partial charge in [-0.1, -0.05) is 18.1 Å². The van der Waals surface area contributed by atoms with Crippen LogP contribution in [-0.2, 0) is 9.53 Å². The molecule has 9 nitrogen and oxygen atoms in total. The molecule has 0 radical (unpaired) electrons. The molecule has 0 spiro atoms. The van der Waals surface area contributed by atoms with E-state index in [1.54, 1.807) is 39.0 Å². The van der Waals surface area contributed by atoms with Crippen molar-refractivity contribution in [1.29, 1.82) is 0 Å². The SMILES string of the molecule is C#C[C@H](N/C=C(\C=C(/COC)c1ccc(F)cc1)C(=O)N[C@H](C)c1nc(N)no1)C(C)(C)O. The Bertz CT molecular complexity index is 1050. The second kappa shape index (κ2) is 11.3. The molecule has 0 fully saturated rings. The van der Waals surface area contributed by atoms with E-state index >= 15 is 0 Å². The van der Waals surface area contributed by atoms with Crippen molar-refractivity contribution in [3.05, 3.63) is 59.4 Å². The number of terminal acetylenes is 1. The molecule has 2 atom stereocenters. The van der Waals surface area contributed by atoms with E-state index in [4.69, 9.17) is 21.4 Å². The Morgan fingerprint density at radius 2 is 2.09 bits per heavy atom. The summed E-state index contributed by atoms with van der Waals surface area (Å²) in [6, 6.07) is 4.35. The summed E-state index contributed by atoms with van der Waals surface area (Å²) in [6.07, 6.45) is 8.49. The predicted octanol–water partition coefficient (Wildman–Crippen LogP) is 1.94. The van der Waals surface area contributed by atoms with Crippen molar-refractivity contribution in [2.24, 2.45) is 0 Å². The zero-order chi connectivity index (χ0) is 24.6. The lowest BCUT2D eigenvalue weighted by molar-refractivity contribution is -0.118. The number of rotatable bonds is 10. The molecule has 2 aromatic rings. The van der Waals surface area contributed by atoms with E-state index in [2.05, 4.69) is 26.7 Å². The number of hydrogen-bond donors (Lipinski definition) is 4. The Labute approximate surface area is 191 Å². The molecule has 0 saturated heterocycles. The molecule has 0 aliphatic heterocycles. The van der Waals surface area contributed by atoms with Crippen molar-refractivity contribution in [3.63, 3.8) is 0 Å². The standard InChI is InChI=1S/C23H28FN5O4/c1-6-19(23(3,4)31)26-12-16(20(30)27-14(2)21-28-22(25)29-33-21)11-17(13-32-5)15-7-9-18(24)10-8-15/h1,7-12,14,19,26,31H,13H2,2-5H3,(H2,25,29)(H,27,30)/b16-12+,17-11+/t14-,19+/m1/s1. The Hall–Kier alpha value is -3.68. The fraction of sp³-hybridized carbons (Fsp3) is 0.348. The van der Waals surface area contributed by atoms with E-state index in [0.29, 0.717) is 11.1 Å². The van der Waals surface area contributed by atoms with Crippen LogP contribution in [0.2, 0.25) is 0 Å². The molecule has 1 heterocycles. The van der Waals surface area contributed by atoms with Crippen molar-refractivity contribution in [2.75, 3.05) is 19.5 Å². The zero-order valence-electron chi connectivity index (χ0n) is 18.9. The number of hydrogen-bond acceptors (Lipinski definition) is 8. The highest BCUT2D eigenvalue weighted by atomic mass is 19.1. The number of aromatic nitrogens is 2. The maximum Gasteiger partial charge on any atom is 0.260 e. The van der Waals surface area contributed by atoms with Gasteiger partial charge < -0.3 is 30.7 Å². The topological polar surface area (TPSA) is 136 Å². The highest BCUT2D eigenvalue weighted by Gasteiger charge is 2.24. The van der Waals surface area contributed by atoms with Gasteiger partial charge in [-0.3, -0.25) is 4.79 Å². The summed E-state index contributed by atoms with van der Waals surface area (Å²) in [7, 11) is 1.50. The number of nitrogen functional groups attached to an aromatic ring is 1. The number of anilines is 1. The quantitative estimate of drug-likeness (QED) is 0.242. The predicted molar refractivity (Wildman–Crippen MR) is 122 cm³/mol. The lowest BCUT2D eigenvalue weighted by Gasteiger charge is -2.25. The molecule has 1 aromatic heterocycles. The molecule has 0 saturated carbocycles. The zero-order valence-corrected chi connectivity index (χ0v) is 18.9. The number of nitrogens with two attached hydrogens (primary N) is 1. The minimum atomic E-state index is -1.25. The number of carbonyl (C=O) groups excluding carboxylic acids is 1. The van der Waals surface area contributed by atoms with Gasteiger partial charge in [0.2, 0.25) is 0 Å². The molecule has 1 aromatic carbocycles. The van der Waals surface area contributed by atoms with E-state index in [0.717, 1.165) is 0 Å². The van der Waals surface area contributed by atoms with Gasteiger partial charge in [0.1, 0.15) is 17.9 Å². The molecule has 0 aliphatic rings.